The molecule has 19 heavy (non-hydrogen) atoms. The molecular formula is C11H13F3N2O3. The Bertz CT molecular complexity index is 420. The summed E-state index contributed by atoms with van der Waals surface area (Å²) >= 11 is 0. The van der Waals surface area contributed by atoms with Gasteiger partial charge in [0.2, 0.25) is 0 Å². The Kier molecular flexibility index (Phi) is 4.99. The number of halogens is 3. The Morgan fingerprint density at radius 1 is 1.37 bits per heavy atom. The average molecular weight is 278 g/mol. The van der Waals surface area contributed by atoms with Crippen LogP contribution in [0.5, 0.6) is 5.75 Å². The third kappa shape index (κ3) is 5.47. The van der Waals surface area contributed by atoms with E-state index in [9.17, 15) is 18.0 Å². The predicted octanol–water partition coefficient (Wildman–Crippen LogP) is 0.687. The van der Waals surface area contributed by atoms with Crippen molar-refractivity contribution in [3.63, 3.8) is 0 Å². The smallest absolute Gasteiger partial charge is 0.416 e. The van der Waals surface area contributed by atoms with E-state index in [1.807, 2.05) is 5.32 Å². The highest BCUT2D eigenvalue weighted by Crippen LogP contribution is 2.19. The van der Waals surface area contributed by atoms with E-state index >= 15 is 0 Å². The Hall–Kier alpha value is -1.96. The first-order valence-electron chi connectivity index (χ1n) is 5.29. The van der Waals surface area contributed by atoms with E-state index in [0.29, 0.717) is 11.4 Å². The van der Waals surface area contributed by atoms with Crippen molar-refractivity contribution in [1.29, 1.82) is 0 Å². The fourth-order valence-electron chi connectivity index (χ4n) is 1.09. The monoisotopic (exact) mass is 278 g/mol. The summed E-state index contributed by atoms with van der Waals surface area (Å²) in [4.78, 5) is 11.2. The fourth-order valence-corrected chi connectivity index (χ4v) is 1.09. The lowest BCUT2D eigenvalue weighted by Crippen LogP contribution is -2.42. The number of aliphatic hydroxyl groups excluding tert-OH is 1. The summed E-state index contributed by atoms with van der Waals surface area (Å²) in [5.74, 6) is -0.402. The quantitative estimate of drug-likeness (QED) is 0.692. The summed E-state index contributed by atoms with van der Waals surface area (Å²) in [6, 6.07) is 6.15. The SMILES string of the molecule is Nc1ccc(OCC(=O)NCC(O)C(F)(F)F)cc1. The number of carbonyl (C=O) groups excluding carboxylic acids is 1. The van der Waals surface area contributed by atoms with Gasteiger partial charge in [0.25, 0.3) is 5.91 Å². The molecule has 106 valence electrons. The summed E-state index contributed by atoms with van der Waals surface area (Å²) < 4.78 is 40.8. The lowest BCUT2D eigenvalue weighted by atomic mass is 10.3. The van der Waals surface area contributed by atoms with Gasteiger partial charge in [0.15, 0.2) is 12.7 Å². The highest BCUT2D eigenvalue weighted by Gasteiger charge is 2.38. The molecule has 8 heteroatoms. The van der Waals surface area contributed by atoms with Gasteiger partial charge in [-0.25, -0.2) is 0 Å². The van der Waals surface area contributed by atoms with Crippen LogP contribution in [0.3, 0.4) is 0 Å². The predicted molar refractivity (Wildman–Crippen MR) is 61.4 cm³/mol. The summed E-state index contributed by atoms with van der Waals surface area (Å²) in [5.41, 5.74) is 5.95. The van der Waals surface area contributed by atoms with Gasteiger partial charge < -0.3 is 20.9 Å². The van der Waals surface area contributed by atoms with Crippen molar-refractivity contribution in [2.45, 2.75) is 12.3 Å². The number of carbonyl (C=O) groups is 1. The number of nitrogen functional groups attached to an aromatic ring is 1. The zero-order valence-electron chi connectivity index (χ0n) is 9.78. The van der Waals surface area contributed by atoms with E-state index in [-0.39, 0.29) is 0 Å². The van der Waals surface area contributed by atoms with Crippen LogP contribution in [-0.2, 0) is 4.79 Å². The van der Waals surface area contributed by atoms with E-state index < -0.39 is 31.3 Å². The average Bonchev–Trinajstić information content (AvgIpc) is 2.34. The van der Waals surface area contributed by atoms with Gasteiger partial charge in [-0.05, 0) is 24.3 Å². The van der Waals surface area contributed by atoms with Gasteiger partial charge in [0.05, 0.1) is 6.54 Å². The maximum Gasteiger partial charge on any atom is 0.416 e. The van der Waals surface area contributed by atoms with Crippen LogP contribution in [0.15, 0.2) is 24.3 Å². The first kappa shape index (κ1) is 15.1. The maximum atomic E-state index is 11.9. The van der Waals surface area contributed by atoms with Gasteiger partial charge in [-0.15, -0.1) is 0 Å². The number of nitrogens with one attached hydrogen (secondary N) is 1. The molecule has 0 aromatic heterocycles. The fraction of sp³-hybridized carbons (Fsp3) is 0.364. The zero-order chi connectivity index (χ0) is 14.5. The number of anilines is 1. The minimum Gasteiger partial charge on any atom is -0.484 e. The molecule has 1 aromatic carbocycles. The second-order valence-corrected chi connectivity index (χ2v) is 3.72. The van der Waals surface area contributed by atoms with E-state index in [1.54, 1.807) is 12.1 Å². The van der Waals surface area contributed by atoms with E-state index in [2.05, 4.69) is 0 Å². The van der Waals surface area contributed by atoms with Gasteiger partial charge in [0.1, 0.15) is 5.75 Å². The number of hydrogen-bond donors (Lipinski definition) is 3. The van der Waals surface area contributed by atoms with Crippen molar-refractivity contribution >= 4 is 11.6 Å². The van der Waals surface area contributed by atoms with Crippen LogP contribution >= 0.6 is 0 Å². The molecule has 5 nitrogen and oxygen atoms in total. The molecule has 1 amide bonds. The second-order valence-electron chi connectivity index (χ2n) is 3.72. The van der Waals surface area contributed by atoms with E-state index in [0.717, 1.165) is 0 Å². The van der Waals surface area contributed by atoms with Crippen molar-refractivity contribution in [3.8, 4) is 5.75 Å². The molecule has 4 N–H and O–H groups in total. The molecule has 0 aliphatic rings. The molecular weight excluding hydrogens is 265 g/mol. The van der Waals surface area contributed by atoms with Gasteiger partial charge in [-0.2, -0.15) is 13.2 Å². The molecule has 1 unspecified atom stereocenters. The molecule has 1 rings (SSSR count). The van der Waals surface area contributed by atoms with Crippen LogP contribution in [0.4, 0.5) is 18.9 Å². The van der Waals surface area contributed by atoms with Crippen LogP contribution in [0, 0.1) is 0 Å². The molecule has 0 aliphatic carbocycles. The standard InChI is InChI=1S/C11H13F3N2O3/c12-11(13,14)9(17)5-16-10(18)6-19-8-3-1-7(15)2-4-8/h1-4,9,17H,5-6,15H2,(H,16,18). The molecule has 0 fully saturated rings. The van der Waals surface area contributed by atoms with Crippen molar-refractivity contribution in [2.24, 2.45) is 0 Å². The molecule has 0 aliphatic heterocycles. The molecule has 1 aromatic rings. The zero-order valence-corrected chi connectivity index (χ0v) is 9.78. The van der Waals surface area contributed by atoms with Crippen LogP contribution in [-0.4, -0.2) is 36.4 Å². The molecule has 0 heterocycles. The number of ether oxygens (including phenoxy) is 1. The molecule has 0 spiro atoms. The van der Waals surface area contributed by atoms with Crippen LogP contribution in [0.2, 0.25) is 0 Å². The minimum atomic E-state index is -4.76. The van der Waals surface area contributed by atoms with Crippen LogP contribution in [0.25, 0.3) is 0 Å². The summed E-state index contributed by atoms with van der Waals surface area (Å²) in [6.07, 6.45) is -7.35. The van der Waals surface area contributed by atoms with E-state index in [1.165, 1.54) is 12.1 Å². The normalized spacial score (nSPS) is 12.8. The number of rotatable bonds is 5. The van der Waals surface area contributed by atoms with E-state index in [4.69, 9.17) is 15.6 Å². The second kappa shape index (κ2) is 6.28. The summed E-state index contributed by atoms with van der Waals surface area (Å²) in [5, 5.41) is 10.6. The number of amides is 1. The number of benzene rings is 1. The van der Waals surface area contributed by atoms with Gasteiger partial charge in [-0.1, -0.05) is 0 Å². The minimum absolute atomic E-state index is 0.362. The molecule has 0 radical (unpaired) electrons. The third-order valence-corrected chi connectivity index (χ3v) is 2.12. The third-order valence-electron chi connectivity index (χ3n) is 2.12. The molecule has 0 bridgehead atoms. The summed E-state index contributed by atoms with van der Waals surface area (Å²) in [6.45, 7) is -1.36. The Morgan fingerprint density at radius 2 is 1.95 bits per heavy atom. The lowest BCUT2D eigenvalue weighted by molar-refractivity contribution is -0.201. The summed E-state index contributed by atoms with van der Waals surface area (Å²) in [7, 11) is 0. The Balaban J connectivity index is 2.30. The number of aliphatic hydroxyl groups is 1. The number of nitrogens with two attached hydrogens (primary N) is 1. The van der Waals surface area contributed by atoms with Crippen LogP contribution < -0.4 is 15.8 Å². The first-order chi connectivity index (χ1) is 8.79. The van der Waals surface area contributed by atoms with Gasteiger partial charge in [0, 0.05) is 5.69 Å². The largest absolute Gasteiger partial charge is 0.484 e. The lowest BCUT2D eigenvalue weighted by Gasteiger charge is -2.15. The topological polar surface area (TPSA) is 84.6 Å². The molecule has 0 saturated carbocycles. The van der Waals surface area contributed by atoms with Crippen LogP contribution in [0.1, 0.15) is 0 Å². The Morgan fingerprint density at radius 3 is 2.47 bits per heavy atom. The number of hydrogen-bond acceptors (Lipinski definition) is 4. The van der Waals surface area contributed by atoms with Crippen molar-refractivity contribution in [3.05, 3.63) is 24.3 Å². The van der Waals surface area contributed by atoms with Crippen molar-refractivity contribution < 1.29 is 27.8 Å². The van der Waals surface area contributed by atoms with Crippen molar-refractivity contribution in [1.82, 2.24) is 5.32 Å². The number of alkyl halides is 3. The first-order valence-corrected chi connectivity index (χ1v) is 5.29. The molecule has 1 atom stereocenters. The highest BCUT2D eigenvalue weighted by atomic mass is 19.4. The Labute approximate surface area is 107 Å². The molecule has 0 saturated heterocycles. The van der Waals surface area contributed by atoms with Gasteiger partial charge in [-0.3, -0.25) is 4.79 Å². The van der Waals surface area contributed by atoms with Crippen molar-refractivity contribution in [2.75, 3.05) is 18.9 Å². The van der Waals surface area contributed by atoms with Gasteiger partial charge >= 0.3 is 6.18 Å². The highest BCUT2D eigenvalue weighted by molar-refractivity contribution is 5.77. The maximum absolute atomic E-state index is 11.9.